The van der Waals surface area contributed by atoms with Crippen molar-refractivity contribution < 1.29 is 33.4 Å². The number of carbonyl (C=O) groups excluding carboxylic acids is 4. The lowest BCUT2D eigenvalue weighted by Crippen LogP contribution is -2.32. The number of hydrogen-bond donors (Lipinski definition) is 0. The van der Waals surface area contributed by atoms with Gasteiger partial charge in [-0.15, -0.1) is 13.2 Å². The highest BCUT2D eigenvalue weighted by Gasteiger charge is 2.31. The molecule has 0 N–H and O–H groups in total. The molecule has 0 atom stereocenters. The van der Waals surface area contributed by atoms with Crippen molar-refractivity contribution in [2.75, 3.05) is 33.0 Å². The molecule has 0 aromatic heterocycles. The standard InChI is InChI=1S/C28H44O7/c1-4-19-33-21-13-7-10-16-24(29)28(25(30)17-11-8-14-22-34-20-5-2)26(31)18-12-9-15-23-35-27(32)6-3/h4-6,28H,1-3,7-23H2. The highest BCUT2D eigenvalue weighted by Crippen LogP contribution is 2.17. The molecule has 7 heteroatoms. The summed E-state index contributed by atoms with van der Waals surface area (Å²) in [7, 11) is 0. The first-order valence-corrected chi connectivity index (χ1v) is 12.7. The fourth-order valence-electron chi connectivity index (χ4n) is 3.48. The van der Waals surface area contributed by atoms with E-state index in [9.17, 15) is 19.2 Å². The van der Waals surface area contributed by atoms with Crippen LogP contribution in [0.2, 0.25) is 0 Å². The SMILES string of the molecule is C=CCOCCCCCC(=O)C(C(=O)CCCCCOCC=C)C(=O)CCCCCOC(=O)C=C. The molecule has 0 heterocycles. The number of hydrogen-bond acceptors (Lipinski definition) is 7. The van der Waals surface area contributed by atoms with Gasteiger partial charge in [0.2, 0.25) is 0 Å². The summed E-state index contributed by atoms with van der Waals surface area (Å²) in [5.41, 5.74) is 0. The van der Waals surface area contributed by atoms with E-state index in [2.05, 4.69) is 19.7 Å². The van der Waals surface area contributed by atoms with Crippen molar-refractivity contribution in [2.24, 2.45) is 5.92 Å². The molecule has 198 valence electrons. The van der Waals surface area contributed by atoms with E-state index in [0.717, 1.165) is 31.8 Å². The third-order valence-electron chi connectivity index (χ3n) is 5.34. The van der Waals surface area contributed by atoms with E-state index in [1.807, 2.05) is 0 Å². The highest BCUT2D eigenvalue weighted by molar-refractivity contribution is 6.19. The number of ether oxygens (including phenoxy) is 3. The maximum absolute atomic E-state index is 12.8. The van der Waals surface area contributed by atoms with Crippen LogP contribution >= 0.6 is 0 Å². The molecular formula is C28H44O7. The summed E-state index contributed by atoms with van der Waals surface area (Å²) in [6, 6.07) is 0. The van der Waals surface area contributed by atoms with Crippen molar-refractivity contribution in [2.45, 2.75) is 77.0 Å². The number of esters is 1. The van der Waals surface area contributed by atoms with Crippen LogP contribution in [0, 0.1) is 5.92 Å². The Morgan fingerprint density at radius 1 is 0.571 bits per heavy atom. The first-order chi connectivity index (χ1) is 17.0. The van der Waals surface area contributed by atoms with Crippen LogP contribution in [0.3, 0.4) is 0 Å². The first kappa shape index (κ1) is 32.6. The Morgan fingerprint density at radius 2 is 0.971 bits per heavy atom. The van der Waals surface area contributed by atoms with E-state index < -0.39 is 11.9 Å². The van der Waals surface area contributed by atoms with Crippen LogP contribution in [0.4, 0.5) is 0 Å². The van der Waals surface area contributed by atoms with E-state index in [-0.39, 0.29) is 43.2 Å². The monoisotopic (exact) mass is 492 g/mol. The normalized spacial score (nSPS) is 10.7. The predicted molar refractivity (Wildman–Crippen MR) is 137 cm³/mol. The molecule has 0 unspecified atom stereocenters. The number of unbranched alkanes of at least 4 members (excludes halogenated alkanes) is 6. The van der Waals surface area contributed by atoms with Gasteiger partial charge >= 0.3 is 5.97 Å². The van der Waals surface area contributed by atoms with Crippen molar-refractivity contribution in [1.82, 2.24) is 0 Å². The van der Waals surface area contributed by atoms with Crippen molar-refractivity contribution in [1.29, 1.82) is 0 Å². The molecule has 0 aliphatic rings. The van der Waals surface area contributed by atoms with E-state index in [1.165, 1.54) is 0 Å². The maximum Gasteiger partial charge on any atom is 0.330 e. The van der Waals surface area contributed by atoms with Gasteiger partial charge in [0.15, 0.2) is 17.3 Å². The van der Waals surface area contributed by atoms with Crippen LogP contribution in [-0.2, 0) is 33.4 Å². The fraction of sp³-hybridized carbons (Fsp3) is 0.643. The van der Waals surface area contributed by atoms with Gasteiger partial charge in [0.25, 0.3) is 0 Å². The third-order valence-corrected chi connectivity index (χ3v) is 5.34. The average Bonchev–Trinajstić information content (AvgIpc) is 2.84. The van der Waals surface area contributed by atoms with Gasteiger partial charge in [-0.2, -0.15) is 0 Å². The molecule has 0 radical (unpaired) electrons. The Bertz CT molecular complexity index is 620. The van der Waals surface area contributed by atoms with Gasteiger partial charge in [-0.25, -0.2) is 4.79 Å². The van der Waals surface area contributed by atoms with Crippen molar-refractivity contribution in [3.8, 4) is 0 Å². The second kappa shape index (κ2) is 23.4. The number of rotatable bonds is 26. The van der Waals surface area contributed by atoms with Crippen molar-refractivity contribution in [3.63, 3.8) is 0 Å². The van der Waals surface area contributed by atoms with Gasteiger partial charge in [0.05, 0.1) is 19.8 Å². The fourth-order valence-corrected chi connectivity index (χ4v) is 3.48. The Kier molecular flexibility index (Phi) is 21.8. The van der Waals surface area contributed by atoms with E-state index >= 15 is 0 Å². The topological polar surface area (TPSA) is 96.0 Å². The van der Waals surface area contributed by atoms with Crippen LogP contribution in [0.15, 0.2) is 38.0 Å². The molecule has 0 rings (SSSR count). The van der Waals surface area contributed by atoms with Crippen LogP contribution in [-0.4, -0.2) is 56.4 Å². The molecule has 0 aromatic carbocycles. The second-order valence-electron chi connectivity index (χ2n) is 8.36. The van der Waals surface area contributed by atoms with Crippen LogP contribution in [0.25, 0.3) is 0 Å². The molecule has 35 heavy (non-hydrogen) atoms. The minimum absolute atomic E-state index is 0.169. The minimum atomic E-state index is -1.16. The zero-order valence-electron chi connectivity index (χ0n) is 21.3. The van der Waals surface area contributed by atoms with Crippen LogP contribution in [0.1, 0.15) is 77.0 Å². The summed E-state index contributed by atoms with van der Waals surface area (Å²) in [6.45, 7) is 13.0. The molecule has 7 nitrogen and oxygen atoms in total. The summed E-state index contributed by atoms with van der Waals surface area (Å²) in [5.74, 6) is -2.49. The quantitative estimate of drug-likeness (QED) is 0.0543. The molecule has 0 bridgehead atoms. The Morgan fingerprint density at radius 3 is 1.34 bits per heavy atom. The lowest BCUT2D eigenvalue weighted by Gasteiger charge is -2.14. The maximum atomic E-state index is 12.8. The average molecular weight is 493 g/mol. The summed E-state index contributed by atoms with van der Waals surface area (Å²) in [5, 5.41) is 0. The van der Waals surface area contributed by atoms with Crippen molar-refractivity contribution in [3.05, 3.63) is 38.0 Å². The summed E-state index contributed by atoms with van der Waals surface area (Å²) >= 11 is 0. The van der Waals surface area contributed by atoms with E-state index in [1.54, 1.807) is 12.2 Å². The van der Waals surface area contributed by atoms with Gasteiger partial charge in [-0.05, 0) is 44.9 Å². The summed E-state index contributed by atoms with van der Waals surface area (Å²) < 4.78 is 15.6. The van der Waals surface area contributed by atoms with Gasteiger partial charge in [0.1, 0.15) is 5.92 Å². The molecule has 0 saturated heterocycles. The molecule has 0 saturated carbocycles. The first-order valence-electron chi connectivity index (χ1n) is 12.7. The Labute approximate surface area is 211 Å². The predicted octanol–water partition coefficient (Wildman–Crippen LogP) is 5.13. The highest BCUT2D eigenvalue weighted by atomic mass is 16.5. The van der Waals surface area contributed by atoms with Gasteiger partial charge in [0, 0.05) is 38.6 Å². The van der Waals surface area contributed by atoms with Gasteiger partial charge < -0.3 is 14.2 Å². The van der Waals surface area contributed by atoms with Crippen LogP contribution in [0.5, 0.6) is 0 Å². The summed E-state index contributed by atoms with van der Waals surface area (Å²) in [4.78, 5) is 49.5. The van der Waals surface area contributed by atoms with E-state index in [0.29, 0.717) is 58.5 Å². The smallest absolute Gasteiger partial charge is 0.330 e. The third kappa shape index (κ3) is 18.6. The van der Waals surface area contributed by atoms with Crippen molar-refractivity contribution >= 4 is 23.3 Å². The molecule has 0 spiro atoms. The Hall–Kier alpha value is -2.38. The molecule has 0 aliphatic heterocycles. The molecule has 0 aromatic rings. The lowest BCUT2D eigenvalue weighted by molar-refractivity contribution is -0.141. The molecule has 0 amide bonds. The molecule has 0 aliphatic carbocycles. The largest absolute Gasteiger partial charge is 0.463 e. The Balaban J connectivity index is 4.57. The molecular weight excluding hydrogens is 448 g/mol. The zero-order chi connectivity index (χ0) is 26.2. The second-order valence-corrected chi connectivity index (χ2v) is 8.36. The number of Topliss-reactive ketones (excluding diaryl/α,β-unsaturated/α-hetero) is 3. The molecule has 0 fully saturated rings. The van der Waals surface area contributed by atoms with Gasteiger partial charge in [-0.3, -0.25) is 14.4 Å². The van der Waals surface area contributed by atoms with E-state index in [4.69, 9.17) is 14.2 Å². The zero-order valence-corrected chi connectivity index (χ0v) is 21.3. The summed E-state index contributed by atoms with van der Waals surface area (Å²) in [6.07, 6.45) is 11.4. The minimum Gasteiger partial charge on any atom is -0.463 e. The number of carbonyl (C=O) groups is 4. The van der Waals surface area contributed by atoms with Gasteiger partial charge in [-0.1, -0.05) is 31.6 Å². The lowest BCUT2D eigenvalue weighted by atomic mass is 9.86. The van der Waals surface area contributed by atoms with Crippen LogP contribution < -0.4 is 0 Å². The number of ketones is 3.